The topological polar surface area (TPSA) is 55.8 Å². The number of nitrogens with zero attached hydrogens (tertiary/aromatic N) is 1. The maximum absolute atomic E-state index is 13.4. The molecule has 2 atom stereocenters. The summed E-state index contributed by atoms with van der Waals surface area (Å²) in [6.45, 7) is 5.34. The van der Waals surface area contributed by atoms with Gasteiger partial charge in [-0.15, -0.1) is 0 Å². The Morgan fingerprint density at radius 1 is 0.838 bits per heavy atom. The van der Waals surface area contributed by atoms with Gasteiger partial charge in [-0.1, -0.05) is 66.7 Å². The molecule has 2 aliphatic heterocycles. The summed E-state index contributed by atoms with van der Waals surface area (Å²) < 4.78 is 11.8. The quantitative estimate of drug-likeness (QED) is 0.446. The fourth-order valence-corrected chi connectivity index (χ4v) is 6.59. The van der Waals surface area contributed by atoms with Crippen molar-refractivity contribution < 1.29 is 19.1 Å². The van der Waals surface area contributed by atoms with Gasteiger partial charge in [-0.25, -0.2) is 4.79 Å². The Balaban J connectivity index is 1.14. The highest BCUT2D eigenvalue weighted by Crippen LogP contribution is 2.44. The SMILES string of the molecule is Cc1cccc(C)c1CC(=O)C1CC2COCC(C1)N2C(=O)OCC1c2ccccc2-c2ccccc21. The molecule has 0 spiro atoms. The fourth-order valence-electron chi connectivity index (χ4n) is 6.59. The molecule has 0 aromatic heterocycles. The lowest BCUT2D eigenvalue weighted by molar-refractivity contribution is -0.130. The molecule has 1 amide bonds. The van der Waals surface area contributed by atoms with Crippen LogP contribution in [0.4, 0.5) is 4.79 Å². The highest BCUT2D eigenvalue weighted by Gasteiger charge is 2.44. The largest absolute Gasteiger partial charge is 0.448 e. The molecule has 3 aliphatic rings. The average Bonchev–Trinajstić information content (AvgIpc) is 3.22. The van der Waals surface area contributed by atoms with Crippen LogP contribution in [0.1, 0.15) is 46.6 Å². The minimum Gasteiger partial charge on any atom is -0.448 e. The van der Waals surface area contributed by atoms with Gasteiger partial charge in [0.15, 0.2) is 0 Å². The summed E-state index contributed by atoms with van der Waals surface area (Å²) in [6.07, 6.45) is 1.42. The summed E-state index contributed by atoms with van der Waals surface area (Å²) >= 11 is 0. The van der Waals surface area contributed by atoms with Crippen LogP contribution in [-0.2, 0) is 20.7 Å². The van der Waals surface area contributed by atoms with Gasteiger partial charge in [0, 0.05) is 18.3 Å². The Morgan fingerprint density at radius 2 is 1.41 bits per heavy atom. The zero-order valence-corrected chi connectivity index (χ0v) is 21.5. The van der Waals surface area contributed by atoms with Crippen LogP contribution in [0.3, 0.4) is 0 Å². The lowest BCUT2D eigenvalue weighted by Gasteiger charge is -2.47. The molecule has 5 nitrogen and oxygen atoms in total. The molecule has 5 heteroatoms. The van der Waals surface area contributed by atoms with Gasteiger partial charge in [-0.2, -0.15) is 0 Å². The molecule has 1 aliphatic carbocycles. The first kappa shape index (κ1) is 23.9. The van der Waals surface area contributed by atoms with Crippen molar-refractivity contribution in [3.8, 4) is 11.1 Å². The molecule has 2 saturated heterocycles. The molecule has 6 rings (SSSR count). The lowest BCUT2D eigenvalue weighted by Crippen LogP contribution is -2.60. The number of carbonyl (C=O) groups is 2. The van der Waals surface area contributed by atoms with Crippen LogP contribution in [0.15, 0.2) is 66.7 Å². The fraction of sp³-hybridized carbons (Fsp3) is 0.375. The van der Waals surface area contributed by atoms with Crippen LogP contribution < -0.4 is 0 Å². The number of piperidine rings is 1. The number of Topliss-reactive ketones (excluding diaryl/α,β-unsaturated/α-hetero) is 1. The first-order chi connectivity index (χ1) is 18.0. The van der Waals surface area contributed by atoms with Crippen LogP contribution in [0.2, 0.25) is 0 Å². The van der Waals surface area contributed by atoms with Gasteiger partial charge in [0.25, 0.3) is 0 Å². The normalized spacial score (nSPS) is 22.3. The Hall–Kier alpha value is -3.44. The van der Waals surface area contributed by atoms with Gasteiger partial charge >= 0.3 is 6.09 Å². The van der Waals surface area contributed by atoms with Crippen molar-refractivity contribution in [3.63, 3.8) is 0 Å². The summed E-state index contributed by atoms with van der Waals surface area (Å²) in [5.41, 5.74) is 8.29. The second-order valence-corrected chi connectivity index (χ2v) is 10.7. The number of aryl methyl sites for hydroxylation is 2. The van der Waals surface area contributed by atoms with Gasteiger partial charge in [-0.05, 0) is 65.6 Å². The molecule has 0 N–H and O–H groups in total. The van der Waals surface area contributed by atoms with Crippen LogP contribution >= 0.6 is 0 Å². The van der Waals surface area contributed by atoms with E-state index in [0.717, 1.165) is 16.7 Å². The molecule has 0 saturated carbocycles. The molecule has 37 heavy (non-hydrogen) atoms. The zero-order chi connectivity index (χ0) is 25.5. The minimum atomic E-state index is -0.291. The number of rotatable bonds is 5. The number of carbonyl (C=O) groups excluding carboxylic acids is 2. The van der Waals surface area contributed by atoms with Crippen molar-refractivity contribution in [1.29, 1.82) is 0 Å². The lowest BCUT2D eigenvalue weighted by atomic mass is 9.80. The van der Waals surface area contributed by atoms with E-state index >= 15 is 0 Å². The van der Waals surface area contributed by atoms with Crippen molar-refractivity contribution in [2.75, 3.05) is 19.8 Å². The first-order valence-electron chi connectivity index (χ1n) is 13.3. The molecule has 0 radical (unpaired) electrons. The number of amides is 1. The number of hydrogen-bond donors (Lipinski definition) is 0. The minimum absolute atomic E-state index is 0.0314. The second kappa shape index (κ2) is 9.79. The van der Waals surface area contributed by atoms with Crippen molar-refractivity contribution >= 4 is 11.9 Å². The molecule has 2 heterocycles. The van der Waals surface area contributed by atoms with E-state index in [9.17, 15) is 9.59 Å². The van der Waals surface area contributed by atoms with Crippen LogP contribution in [0, 0.1) is 19.8 Å². The molecule has 2 bridgehead atoms. The van der Waals surface area contributed by atoms with E-state index in [0.29, 0.717) is 39.1 Å². The summed E-state index contributed by atoms with van der Waals surface area (Å²) in [6, 6.07) is 22.6. The second-order valence-electron chi connectivity index (χ2n) is 10.7. The average molecular weight is 496 g/mol. The standard InChI is InChI=1S/C32H33NO4/c1-20-8-7-9-21(2)29(20)16-31(34)22-14-23-17-36-18-24(15-22)33(23)32(35)37-19-30-27-12-5-3-10-25(27)26-11-4-6-13-28(26)30/h3-13,22-24,30H,14-19H2,1-2H3. The molecular formula is C32H33NO4. The molecule has 2 fully saturated rings. The Morgan fingerprint density at radius 3 is 2.00 bits per heavy atom. The number of benzene rings is 3. The Bertz CT molecular complexity index is 1270. The maximum atomic E-state index is 13.4. The van der Waals surface area contributed by atoms with E-state index in [2.05, 4.69) is 62.4 Å². The number of ether oxygens (including phenoxy) is 2. The Kier molecular flexibility index (Phi) is 6.33. The number of hydrogen-bond acceptors (Lipinski definition) is 4. The van der Waals surface area contributed by atoms with Crippen LogP contribution in [-0.4, -0.2) is 48.7 Å². The van der Waals surface area contributed by atoms with Crippen molar-refractivity contribution in [2.24, 2.45) is 5.92 Å². The summed E-state index contributed by atoms with van der Waals surface area (Å²) in [5, 5.41) is 0. The molecule has 3 aromatic carbocycles. The summed E-state index contributed by atoms with van der Waals surface area (Å²) in [5.74, 6) is 0.237. The van der Waals surface area contributed by atoms with Gasteiger partial charge < -0.3 is 9.47 Å². The van der Waals surface area contributed by atoms with E-state index < -0.39 is 0 Å². The third-order valence-corrected chi connectivity index (χ3v) is 8.52. The van der Waals surface area contributed by atoms with Gasteiger partial charge in [0.2, 0.25) is 0 Å². The smallest absolute Gasteiger partial charge is 0.410 e. The molecule has 3 aromatic rings. The first-order valence-corrected chi connectivity index (χ1v) is 13.3. The van der Waals surface area contributed by atoms with E-state index in [1.165, 1.54) is 22.3 Å². The van der Waals surface area contributed by atoms with Crippen molar-refractivity contribution in [2.45, 2.75) is 51.1 Å². The third kappa shape index (κ3) is 4.36. The summed E-state index contributed by atoms with van der Waals surface area (Å²) in [7, 11) is 0. The highest BCUT2D eigenvalue weighted by atomic mass is 16.6. The molecule has 190 valence electrons. The van der Waals surface area contributed by atoms with Crippen molar-refractivity contribution in [3.05, 3.63) is 94.5 Å². The third-order valence-electron chi connectivity index (χ3n) is 8.52. The van der Waals surface area contributed by atoms with E-state index in [-0.39, 0.29) is 35.8 Å². The predicted octanol–water partition coefficient (Wildman–Crippen LogP) is 5.84. The number of fused-ring (bicyclic) bond motifs is 5. The highest BCUT2D eigenvalue weighted by molar-refractivity contribution is 5.84. The Labute approximate surface area is 218 Å². The van der Waals surface area contributed by atoms with E-state index in [4.69, 9.17) is 9.47 Å². The number of ketones is 1. The van der Waals surface area contributed by atoms with Gasteiger partial charge in [0.05, 0.1) is 25.3 Å². The van der Waals surface area contributed by atoms with Crippen molar-refractivity contribution in [1.82, 2.24) is 4.90 Å². The van der Waals surface area contributed by atoms with E-state index in [1.54, 1.807) is 0 Å². The predicted molar refractivity (Wildman–Crippen MR) is 143 cm³/mol. The molecule has 2 unspecified atom stereocenters. The maximum Gasteiger partial charge on any atom is 0.410 e. The van der Waals surface area contributed by atoms with Gasteiger partial charge in [0.1, 0.15) is 12.4 Å². The molecular weight excluding hydrogens is 462 g/mol. The van der Waals surface area contributed by atoms with Crippen LogP contribution in [0.5, 0.6) is 0 Å². The van der Waals surface area contributed by atoms with Crippen LogP contribution in [0.25, 0.3) is 11.1 Å². The zero-order valence-electron chi connectivity index (χ0n) is 21.5. The van der Waals surface area contributed by atoms with E-state index in [1.807, 2.05) is 23.1 Å². The monoisotopic (exact) mass is 495 g/mol. The number of morpholine rings is 1. The van der Waals surface area contributed by atoms with Gasteiger partial charge in [-0.3, -0.25) is 9.69 Å². The summed E-state index contributed by atoms with van der Waals surface area (Å²) in [4.78, 5) is 28.6.